The molecule has 28 heavy (non-hydrogen) atoms. The summed E-state index contributed by atoms with van der Waals surface area (Å²) in [5, 5.41) is 1.17. The van der Waals surface area contributed by atoms with E-state index >= 15 is 0 Å². The number of hydrogen-bond acceptors (Lipinski definition) is 0. The zero-order chi connectivity index (χ0) is 20.0. The van der Waals surface area contributed by atoms with Crippen LogP contribution in [-0.4, -0.2) is 22.6 Å². The Bertz CT molecular complexity index is 813. The third-order valence-corrected chi connectivity index (χ3v) is 24.3. The van der Waals surface area contributed by atoms with Crippen LogP contribution in [0.2, 0.25) is 0 Å². The summed E-state index contributed by atoms with van der Waals surface area (Å²) in [5.74, 6) is 0. The van der Waals surface area contributed by atoms with Crippen LogP contribution in [0.5, 0.6) is 0 Å². The minimum atomic E-state index is -2.31. The summed E-state index contributed by atoms with van der Waals surface area (Å²) in [5.41, 5.74) is 4.70. The van der Waals surface area contributed by atoms with E-state index in [-0.39, 0.29) is 7.92 Å². The van der Waals surface area contributed by atoms with E-state index in [0.29, 0.717) is 0 Å². The number of hydrogen-bond donors (Lipinski definition) is 0. The molecule has 4 rings (SSSR count). The van der Waals surface area contributed by atoms with Gasteiger partial charge < -0.3 is 0 Å². The van der Waals surface area contributed by atoms with Crippen LogP contribution in [0.1, 0.15) is 58.9 Å². The van der Waals surface area contributed by atoms with Gasteiger partial charge in [-0.3, -0.25) is 0 Å². The summed E-state index contributed by atoms with van der Waals surface area (Å²) < 4.78 is 0. The van der Waals surface area contributed by atoms with Crippen LogP contribution >= 0.6 is 28.7 Å². The molecule has 3 heteroatoms. The number of rotatable bonds is 4. The van der Waals surface area contributed by atoms with Gasteiger partial charge in [-0.25, -0.2) is 0 Å². The van der Waals surface area contributed by atoms with Gasteiger partial charge in [0.1, 0.15) is 0 Å². The first kappa shape index (κ1) is 21.0. The van der Waals surface area contributed by atoms with Crippen LogP contribution in [0.25, 0.3) is 0 Å². The first-order chi connectivity index (χ1) is 13.4. The van der Waals surface area contributed by atoms with Crippen molar-refractivity contribution in [2.45, 2.75) is 82.2 Å². The van der Waals surface area contributed by atoms with Crippen LogP contribution < -0.4 is 10.6 Å². The molecule has 0 spiro atoms. The van der Waals surface area contributed by atoms with E-state index in [0.717, 1.165) is 22.6 Å². The van der Waals surface area contributed by atoms with Crippen LogP contribution in [0, 0.1) is 0 Å². The second kappa shape index (κ2) is 7.80. The topological polar surface area (TPSA) is 0 Å². The second-order valence-corrected chi connectivity index (χ2v) is 22.7. The third kappa shape index (κ3) is 3.16. The Morgan fingerprint density at radius 2 is 1.32 bits per heavy atom. The van der Waals surface area contributed by atoms with Gasteiger partial charge in [0, 0.05) is 0 Å². The first-order valence-corrected chi connectivity index (χ1v) is 17.1. The van der Waals surface area contributed by atoms with Crippen LogP contribution in [0.3, 0.4) is 0 Å². The van der Waals surface area contributed by atoms with Crippen LogP contribution in [0.4, 0.5) is 0 Å². The zero-order valence-corrected chi connectivity index (χ0v) is 21.2. The second-order valence-electron chi connectivity index (χ2n) is 9.42. The monoisotopic (exact) mass is 476 g/mol. The van der Waals surface area contributed by atoms with Crippen molar-refractivity contribution in [3.63, 3.8) is 0 Å². The summed E-state index contributed by atoms with van der Waals surface area (Å²) in [6, 6.07) is 21.0. The molecule has 0 N–H and O–H groups in total. The van der Waals surface area contributed by atoms with Crippen molar-refractivity contribution < 1.29 is 0 Å². The Balaban J connectivity index is 1.93. The van der Waals surface area contributed by atoms with Gasteiger partial charge in [-0.1, -0.05) is 0 Å². The number of benzene rings is 2. The first-order valence-electron chi connectivity index (χ1n) is 11.0. The molecule has 0 aromatic heterocycles. The molecule has 0 nitrogen and oxygen atoms in total. The van der Waals surface area contributed by atoms with E-state index in [1.165, 1.54) is 37.4 Å². The number of halogens is 1. The fourth-order valence-corrected chi connectivity index (χ4v) is 19.8. The van der Waals surface area contributed by atoms with Crippen LogP contribution in [0.15, 0.2) is 54.6 Å². The standard InChI is InChI=1S/C25H35BrP2/c1-19-14-15-20(2)27(19)24-12-8-9-13-25(24)28(26,21(3)16-17-22(28)4)18-23-10-6-5-7-11-23/h5-13,19-22H,14-18H2,1-4H3/t19-,20-,21-,22-/m1/s1. The average Bonchev–Trinajstić information content (AvgIpc) is 3.15. The molecular weight excluding hydrogens is 442 g/mol. The molecule has 0 radical (unpaired) electrons. The Labute approximate surface area is 181 Å². The maximum atomic E-state index is 4.71. The van der Waals surface area contributed by atoms with E-state index in [4.69, 9.17) is 15.5 Å². The molecule has 0 bridgehead atoms. The molecule has 2 aromatic carbocycles. The fraction of sp³-hybridized carbons (Fsp3) is 0.520. The summed E-state index contributed by atoms with van der Waals surface area (Å²) in [6.45, 7) is 10.1. The molecule has 0 aliphatic carbocycles. The normalized spacial score (nSPS) is 33.4. The van der Waals surface area contributed by atoms with E-state index < -0.39 is 5.31 Å². The van der Waals surface area contributed by atoms with Gasteiger partial charge in [0.15, 0.2) is 0 Å². The molecule has 0 saturated carbocycles. The quantitative estimate of drug-likeness (QED) is 0.398. The van der Waals surface area contributed by atoms with E-state index in [2.05, 4.69) is 82.3 Å². The van der Waals surface area contributed by atoms with E-state index in [1.54, 1.807) is 10.6 Å². The van der Waals surface area contributed by atoms with E-state index in [9.17, 15) is 0 Å². The molecular formula is C25H35BrP2. The SMILES string of the molecule is C[C@@H]1CC[C@@H](C)P1c1ccccc1P1(Br)(Cc2ccccc2)[C@H](C)CC[C@H]1C. The molecule has 2 heterocycles. The van der Waals surface area contributed by atoms with Gasteiger partial charge in [-0.2, -0.15) is 0 Å². The van der Waals surface area contributed by atoms with Gasteiger partial charge in [-0.15, -0.1) is 0 Å². The Morgan fingerprint density at radius 1 is 0.786 bits per heavy atom. The Morgan fingerprint density at radius 3 is 1.93 bits per heavy atom. The maximum absolute atomic E-state index is 4.71. The van der Waals surface area contributed by atoms with Crippen molar-refractivity contribution >= 4 is 39.3 Å². The molecule has 2 aliphatic rings. The van der Waals surface area contributed by atoms with Crippen LogP contribution in [-0.2, 0) is 6.16 Å². The third-order valence-electron chi connectivity index (χ3n) is 7.91. The van der Waals surface area contributed by atoms with Crippen molar-refractivity contribution in [2.75, 3.05) is 0 Å². The molecule has 152 valence electrons. The fourth-order valence-electron chi connectivity index (χ4n) is 6.08. The van der Waals surface area contributed by atoms with Gasteiger partial charge in [0.05, 0.1) is 0 Å². The predicted octanol–water partition coefficient (Wildman–Crippen LogP) is 7.62. The van der Waals surface area contributed by atoms with Gasteiger partial charge in [-0.05, 0) is 0 Å². The summed E-state index contributed by atoms with van der Waals surface area (Å²) >= 11 is 4.71. The van der Waals surface area contributed by atoms with Crippen molar-refractivity contribution in [2.24, 2.45) is 0 Å². The Kier molecular flexibility index (Phi) is 5.86. The molecule has 2 aromatic rings. The van der Waals surface area contributed by atoms with Gasteiger partial charge in [0.25, 0.3) is 0 Å². The van der Waals surface area contributed by atoms with Crippen molar-refractivity contribution in [3.8, 4) is 0 Å². The molecule has 0 unspecified atom stereocenters. The minimum absolute atomic E-state index is 0.0733. The van der Waals surface area contributed by atoms with E-state index in [1.807, 2.05) is 0 Å². The molecule has 2 saturated heterocycles. The average molecular weight is 477 g/mol. The molecule has 2 aliphatic heterocycles. The van der Waals surface area contributed by atoms with Gasteiger partial charge in [0.2, 0.25) is 0 Å². The Hall–Kier alpha value is -0.220. The molecule has 2 fully saturated rings. The summed E-state index contributed by atoms with van der Waals surface area (Å²) in [4.78, 5) is 0. The predicted molar refractivity (Wildman–Crippen MR) is 135 cm³/mol. The molecule has 0 amide bonds. The van der Waals surface area contributed by atoms with Gasteiger partial charge >= 0.3 is 182 Å². The summed E-state index contributed by atoms with van der Waals surface area (Å²) in [7, 11) is -0.0733. The van der Waals surface area contributed by atoms with Crippen molar-refractivity contribution in [1.29, 1.82) is 0 Å². The molecule has 4 atom stereocenters. The van der Waals surface area contributed by atoms with Crippen molar-refractivity contribution in [1.82, 2.24) is 0 Å². The summed E-state index contributed by atoms with van der Waals surface area (Å²) in [6.07, 6.45) is 6.73. The van der Waals surface area contributed by atoms with Crippen molar-refractivity contribution in [3.05, 3.63) is 60.2 Å². The zero-order valence-electron chi connectivity index (χ0n) is 17.8.